The summed E-state index contributed by atoms with van der Waals surface area (Å²) in [6, 6.07) is 23.3. The molecule has 3 aromatic rings. The molecular formula is C24H18Cl2N2O3. The fourth-order valence-corrected chi connectivity index (χ4v) is 4.72. The minimum atomic E-state index is -1.14. The zero-order valence-corrected chi connectivity index (χ0v) is 18.0. The van der Waals surface area contributed by atoms with Gasteiger partial charge in [0.1, 0.15) is 5.41 Å². The highest BCUT2D eigenvalue weighted by molar-refractivity contribution is 6.42. The van der Waals surface area contributed by atoms with Gasteiger partial charge in [0, 0.05) is 0 Å². The molecule has 5 rings (SSSR count). The fourth-order valence-electron chi connectivity index (χ4n) is 4.43. The highest BCUT2D eigenvalue weighted by Crippen LogP contribution is 2.55. The second-order valence-corrected chi connectivity index (χ2v) is 8.63. The van der Waals surface area contributed by atoms with Gasteiger partial charge in [0.05, 0.1) is 27.5 Å². The first kappa shape index (κ1) is 20.1. The smallest absolute Gasteiger partial charge is 0.266 e. The Hall–Kier alpha value is -2.86. The minimum absolute atomic E-state index is 0.272. The van der Waals surface area contributed by atoms with E-state index in [0.29, 0.717) is 10.7 Å². The first-order chi connectivity index (χ1) is 14.9. The molecule has 0 bridgehead atoms. The Morgan fingerprint density at radius 2 is 1.48 bits per heavy atom. The Morgan fingerprint density at radius 3 is 2.13 bits per heavy atom. The van der Waals surface area contributed by atoms with Crippen LogP contribution in [-0.4, -0.2) is 17.9 Å². The number of hydroxylamine groups is 1. The lowest BCUT2D eigenvalue weighted by molar-refractivity contribution is -0.128. The number of hydrogen-bond donors (Lipinski definition) is 0. The van der Waals surface area contributed by atoms with Crippen LogP contribution in [0, 0.1) is 5.41 Å². The monoisotopic (exact) mass is 452 g/mol. The van der Waals surface area contributed by atoms with Crippen LogP contribution in [0.3, 0.4) is 0 Å². The molecule has 2 aliphatic rings. The largest absolute Gasteiger partial charge is 0.273 e. The van der Waals surface area contributed by atoms with Gasteiger partial charge in [-0.1, -0.05) is 71.7 Å². The molecule has 2 heterocycles. The third kappa shape index (κ3) is 2.96. The number of benzene rings is 3. The van der Waals surface area contributed by atoms with Gasteiger partial charge in [-0.25, -0.2) is 9.96 Å². The number of rotatable bonds is 3. The van der Waals surface area contributed by atoms with Crippen LogP contribution in [0.25, 0.3) is 0 Å². The van der Waals surface area contributed by atoms with E-state index < -0.39 is 23.5 Å². The number of imide groups is 1. The zero-order chi connectivity index (χ0) is 21.8. The maximum Gasteiger partial charge on any atom is 0.266 e. The number of amides is 2. The van der Waals surface area contributed by atoms with Crippen molar-refractivity contribution >= 4 is 46.4 Å². The summed E-state index contributed by atoms with van der Waals surface area (Å²) in [5.41, 5.74) is 0.893. The van der Waals surface area contributed by atoms with Gasteiger partial charge in [0.25, 0.3) is 5.91 Å². The van der Waals surface area contributed by atoms with E-state index in [0.717, 1.165) is 16.2 Å². The van der Waals surface area contributed by atoms with Crippen LogP contribution in [0.1, 0.15) is 18.5 Å². The Bertz CT molecular complexity index is 1170. The summed E-state index contributed by atoms with van der Waals surface area (Å²) in [6.45, 7) is 1.79. The first-order valence-electron chi connectivity index (χ1n) is 9.82. The van der Waals surface area contributed by atoms with E-state index in [-0.39, 0.29) is 10.9 Å². The second kappa shape index (κ2) is 7.38. The summed E-state index contributed by atoms with van der Waals surface area (Å²) in [5, 5.41) is 2.31. The van der Waals surface area contributed by atoms with Crippen molar-refractivity contribution in [2.24, 2.45) is 5.41 Å². The zero-order valence-electron chi connectivity index (χ0n) is 16.5. The lowest BCUT2D eigenvalue weighted by Gasteiger charge is -2.32. The molecule has 0 saturated carbocycles. The predicted molar refractivity (Wildman–Crippen MR) is 120 cm³/mol. The molecule has 2 saturated heterocycles. The second-order valence-electron chi connectivity index (χ2n) is 7.82. The number of hydrogen-bond acceptors (Lipinski definition) is 4. The Labute approximate surface area is 189 Å². The summed E-state index contributed by atoms with van der Waals surface area (Å²) in [7, 11) is 0. The van der Waals surface area contributed by atoms with Crippen LogP contribution in [0.2, 0.25) is 10.0 Å². The lowest BCUT2D eigenvalue weighted by atomic mass is 9.76. The predicted octanol–water partition coefficient (Wildman–Crippen LogP) is 5.43. The molecular weight excluding hydrogens is 435 g/mol. The SMILES string of the molecule is C[C@]12C(=O)N(c3ccc(Cl)c(Cl)c3)C(=O)[C@H]1ON(c1ccccc1)[C@H]2c1ccccc1. The quantitative estimate of drug-likeness (QED) is 0.496. The van der Waals surface area contributed by atoms with Crippen molar-refractivity contribution in [1.82, 2.24) is 0 Å². The van der Waals surface area contributed by atoms with Crippen molar-refractivity contribution in [2.75, 3.05) is 9.96 Å². The van der Waals surface area contributed by atoms with Gasteiger partial charge in [-0.15, -0.1) is 0 Å². The number of nitrogens with zero attached hydrogens (tertiary/aromatic N) is 2. The number of anilines is 2. The standard InChI is InChI=1S/C24H18Cl2N2O3/c1-24-20(15-8-4-2-5-9-15)28(16-10-6-3-7-11-16)31-21(24)22(29)27(23(24)30)17-12-13-18(25)19(26)14-17/h2-14,20-21H,1H3/t20-,21+,24+/m0/s1. The van der Waals surface area contributed by atoms with Gasteiger partial charge in [-0.2, -0.15) is 0 Å². The van der Waals surface area contributed by atoms with Gasteiger partial charge in [-0.05, 0) is 42.8 Å². The van der Waals surface area contributed by atoms with Crippen molar-refractivity contribution in [3.05, 3.63) is 94.5 Å². The van der Waals surface area contributed by atoms with Crippen molar-refractivity contribution < 1.29 is 14.4 Å². The van der Waals surface area contributed by atoms with E-state index in [2.05, 4.69) is 0 Å². The van der Waals surface area contributed by atoms with Crippen molar-refractivity contribution in [1.29, 1.82) is 0 Å². The van der Waals surface area contributed by atoms with Gasteiger partial charge < -0.3 is 0 Å². The third-order valence-electron chi connectivity index (χ3n) is 5.96. The molecule has 0 radical (unpaired) electrons. The van der Waals surface area contributed by atoms with Gasteiger partial charge in [0.15, 0.2) is 6.10 Å². The molecule has 7 heteroatoms. The number of halogens is 2. The molecule has 2 amide bonds. The summed E-state index contributed by atoms with van der Waals surface area (Å²) in [4.78, 5) is 34.6. The third-order valence-corrected chi connectivity index (χ3v) is 6.70. The molecule has 2 fully saturated rings. The number of carbonyl (C=O) groups is 2. The maximum atomic E-state index is 13.8. The molecule has 5 nitrogen and oxygen atoms in total. The number of para-hydroxylation sites is 1. The molecule has 0 aromatic heterocycles. The van der Waals surface area contributed by atoms with Gasteiger partial charge in [0.2, 0.25) is 5.91 Å². The average molecular weight is 453 g/mol. The average Bonchev–Trinajstić information content (AvgIpc) is 3.20. The van der Waals surface area contributed by atoms with E-state index in [1.54, 1.807) is 24.1 Å². The molecule has 0 N–H and O–H groups in total. The molecule has 2 aliphatic heterocycles. The van der Waals surface area contributed by atoms with E-state index in [1.165, 1.54) is 6.07 Å². The van der Waals surface area contributed by atoms with Gasteiger partial charge in [-0.3, -0.25) is 14.4 Å². The molecule has 3 aromatic carbocycles. The van der Waals surface area contributed by atoms with E-state index in [9.17, 15) is 9.59 Å². The van der Waals surface area contributed by atoms with Crippen molar-refractivity contribution in [3.63, 3.8) is 0 Å². The summed E-state index contributed by atoms with van der Waals surface area (Å²) in [5.74, 6) is -0.765. The maximum absolute atomic E-state index is 13.8. The summed E-state index contributed by atoms with van der Waals surface area (Å²) in [6.07, 6.45) is -0.972. The molecule has 156 valence electrons. The topological polar surface area (TPSA) is 49.9 Å². The normalized spacial score (nSPS) is 25.3. The van der Waals surface area contributed by atoms with E-state index in [1.807, 2.05) is 60.7 Å². The molecule has 31 heavy (non-hydrogen) atoms. The highest BCUT2D eigenvalue weighted by atomic mass is 35.5. The summed E-state index contributed by atoms with van der Waals surface area (Å²) >= 11 is 12.2. The van der Waals surface area contributed by atoms with Crippen molar-refractivity contribution in [3.8, 4) is 0 Å². The first-order valence-corrected chi connectivity index (χ1v) is 10.6. The number of fused-ring (bicyclic) bond motifs is 1. The molecule has 3 atom stereocenters. The van der Waals surface area contributed by atoms with Crippen molar-refractivity contribution in [2.45, 2.75) is 19.1 Å². The van der Waals surface area contributed by atoms with Crippen LogP contribution in [-0.2, 0) is 14.4 Å². The minimum Gasteiger partial charge on any atom is -0.273 e. The molecule has 0 aliphatic carbocycles. The van der Waals surface area contributed by atoms with Crippen LogP contribution in [0.5, 0.6) is 0 Å². The van der Waals surface area contributed by atoms with Crippen LogP contribution >= 0.6 is 23.2 Å². The Balaban J connectivity index is 1.63. The molecule has 0 spiro atoms. The van der Waals surface area contributed by atoms with Gasteiger partial charge >= 0.3 is 0 Å². The molecule has 0 unspecified atom stereocenters. The number of carbonyl (C=O) groups excluding carboxylic acids is 2. The summed E-state index contributed by atoms with van der Waals surface area (Å²) < 4.78 is 0. The Kier molecular flexibility index (Phi) is 4.77. The van der Waals surface area contributed by atoms with Crippen LogP contribution in [0.4, 0.5) is 11.4 Å². The van der Waals surface area contributed by atoms with E-state index in [4.69, 9.17) is 28.0 Å². The lowest BCUT2D eigenvalue weighted by Crippen LogP contribution is -2.41. The van der Waals surface area contributed by atoms with E-state index >= 15 is 0 Å². The fraction of sp³-hybridized carbons (Fsp3) is 0.167. The van der Waals surface area contributed by atoms with Crippen LogP contribution < -0.4 is 9.96 Å². The Morgan fingerprint density at radius 1 is 0.839 bits per heavy atom. The highest BCUT2D eigenvalue weighted by Gasteiger charge is 2.68. The van der Waals surface area contributed by atoms with Crippen LogP contribution in [0.15, 0.2) is 78.9 Å².